The summed E-state index contributed by atoms with van der Waals surface area (Å²) in [4.78, 5) is 2.63. The molecule has 0 saturated carbocycles. The molecule has 0 spiro atoms. The maximum absolute atomic E-state index is 6.70. The summed E-state index contributed by atoms with van der Waals surface area (Å²) in [7, 11) is 0. The van der Waals surface area contributed by atoms with Gasteiger partial charge in [0, 0.05) is 13.1 Å². The molecule has 0 atom stereocenters. The van der Waals surface area contributed by atoms with E-state index in [1.807, 2.05) is 0 Å². The van der Waals surface area contributed by atoms with E-state index in [1.54, 1.807) is 0 Å². The van der Waals surface area contributed by atoms with E-state index in [0.29, 0.717) is 6.10 Å². The molecule has 1 aliphatic heterocycles. The van der Waals surface area contributed by atoms with Crippen molar-refractivity contribution in [2.75, 3.05) is 19.6 Å². The molecule has 180 valence electrons. The van der Waals surface area contributed by atoms with E-state index in [-0.39, 0.29) is 11.5 Å². The summed E-state index contributed by atoms with van der Waals surface area (Å²) >= 11 is 0. The van der Waals surface area contributed by atoms with Gasteiger partial charge in [0.1, 0.15) is 6.10 Å². The average Bonchev–Trinajstić information content (AvgIpc) is 2.87. The summed E-state index contributed by atoms with van der Waals surface area (Å²) in [5.74, 6) is 0. The van der Waals surface area contributed by atoms with Gasteiger partial charge in [-0.2, -0.15) is 0 Å². The predicted molar refractivity (Wildman–Crippen MR) is 143 cm³/mol. The summed E-state index contributed by atoms with van der Waals surface area (Å²) in [6.45, 7) is 10.3. The van der Waals surface area contributed by atoms with E-state index in [9.17, 15) is 0 Å². The van der Waals surface area contributed by atoms with Gasteiger partial charge in [-0.25, -0.2) is 0 Å². The number of ether oxygens (including phenoxy) is 1. The molecule has 34 heavy (non-hydrogen) atoms. The van der Waals surface area contributed by atoms with Crippen LogP contribution in [0.1, 0.15) is 74.8 Å². The SMILES string of the molecule is CC(C)(C)c1ccc(CCCCN2CCC(OC(c3ccccc3)c3ccccc3)CC2)cc1. The monoisotopic (exact) mass is 455 g/mol. The summed E-state index contributed by atoms with van der Waals surface area (Å²) in [6, 6.07) is 30.6. The Balaban J connectivity index is 1.21. The van der Waals surface area contributed by atoms with Gasteiger partial charge < -0.3 is 9.64 Å². The Morgan fingerprint density at radius 2 is 1.32 bits per heavy atom. The minimum absolute atomic E-state index is 0.0172. The third kappa shape index (κ3) is 7.04. The molecule has 0 amide bonds. The first-order valence-corrected chi connectivity index (χ1v) is 13.1. The first-order valence-electron chi connectivity index (χ1n) is 13.1. The molecule has 3 aromatic rings. The Bertz CT molecular complexity index is 928. The number of likely N-dealkylation sites (tertiary alicyclic amines) is 1. The van der Waals surface area contributed by atoms with Crippen LogP contribution in [0.2, 0.25) is 0 Å². The van der Waals surface area contributed by atoms with Crippen LogP contribution >= 0.6 is 0 Å². The van der Waals surface area contributed by atoms with Crippen LogP contribution in [-0.4, -0.2) is 30.6 Å². The van der Waals surface area contributed by atoms with Gasteiger partial charge in [-0.15, -0.1) is 0 Å². The average molecular weight is 456 g/mol. The topological polar surface area (TPSA) is 12.5 Å². The van der Waals surface area contributed by atoms with E-state index in [1.165, 1.54) is 48.1 Å². The minimum Gasteiger partial charge on any atom is -0.365 e. The first-order chi connectivity index (χ1) is 16.5. The molecule has 0 unspecified atom stereocenters. The van der Waals surface area contributed by atoms with Gasteiger partial charge in [0.15, 0.2) is 0 Å². The molecule has 0 bridgehead atoms. The number of unbranched alkanes of at least 4 members (excludes halogenated alkanes) is 1. The van der Waals surface area contributed by atoms with Crippen LogP contribution in [0.5, 0.6) is 0 Å². The molecule has 2 heteroatoms. The van der Waals surface area contributed by atoms with E-state index in [0.717, 1.165) is 25.9 Å². The quantitative estimate of drug-likeness (QED) is 0.308. The molecule has 0 N–H and O–H groups in total. The number of rotatable bonds is 9. The highest BCUT2D eigenvalue weighted by Crippen LogP contribution is 2.30. The second-order valence-corrected chi connectivity index (χ2v) is 10.8. The molecule has 4 rings (SSSR count). The minimum atomic E-state index is 0.0172. The standard InChI is InChI=1S/C32H41NO/c1-32(2,3)29-19-17-26(18-20-29)12-10-11-23-33-24-21-30(22-25-33)34-31(27-13-6-4-7-14-27)28-15-8-5-9-16-28/h4-9,13-20,30-31H,10-12,21-25H2,1-3H3. The van der Waals surface area contributed by atoms with Crippen LogP contribution in [0.4, 0.5) is 0 Å². The number of hydrogen-bond acceptors (Lipinski definition) is 2. The Morgan fingerprint density at radius 1 is 0.765 bits per heavy atom. The van der Waals surface area contributed by atoms with Gasteiger partial charge in [-0.3, -0.25) is 0 Å². The van der Waals surface area contributed by atoms with Crippen LogP contribution in [0, 0.1) is 0 Å². The van der Waals surface area contributed by atoms with Crippen molar-refractivity contribution in [2.24, 2.45) is 0 Å². The lowest BCUT2D eigenvalue weighted by atomic mass is 9.86. The Labute approximate surface area is 207 Å². The molecular formula is C32H41NO. The van der Waals surface area contributed by atoms with Crippen molar-refractivity contribution >= 4 is 0 Å². The van der Waals surface area contributed by atoms with Gasteiger partial charge in [-0.1, -0.05) is 106 Å². The third-order valence-electron chi connectivity index (χ3n) is 7.08. The molecule has 0 aromatic heterocycles. The zero-order chi connectivity index (χ0) is 23.8. The molecule has 0 radical (unpaired) electrons. The summed E-state index contributed by atoms with van der Waals surface area (Å²) in [5.41, 5.74) is 5.60. The lowest BCUT2D eigenvalue weighted by molar-refractivity contribution is -0.0270. The summed E-state index contributed by atoms with van der Waals surface area (Å²) in [5, 5.41) is 0. The van der Waals surface area contributed by atoms with E-state index in [4.69, 9.17) is 4.74 Å². The van der Waals surface area contributed by atoms with Crippen LogP contribution in [0.15, 0.2) is 84.9 Å². The largest absolute Gasteiger partial charge is 0.365 e. The summed E-state index contributed by atoms with van der Waals surface area (Å²) < 4.78 is 6.70. The molecule has 3 aromatic carbocycles. The van der Waals surface area contributed by atoms with Crippen molar-refractivity contribution < 1.29 is 4.74 Å². The number of hydrogen-bond donors (Lipinski definition) is 0. The van der Waals surface area contributed by atoms with Crippen LogP contribution < -0.4 is 0 Å². The summed E-state index contributed by atoms with van der Waals surface area (Å²) in [6.07, 6.45) is 6.28. The Morgan fingerprint density at radius 3 is 1.85 bits per heavy atom. The fourth-order valence-corrected chi connectivity index (χ4v) is 4.90. The lowest BCUT2D eigenvalue weighted by Gasteiger charge is -2.34. The van der Waals surface area contributed by atoms with Crippen molar-refractivity contribution in [1.82, 2.24) is 4.90 Å². The number of benzene rings is 3. The Hall–Kier alpha value is -2.42. The molecule has 1 fully saturated rings. The molecule has 1 heterocycles. The maximum Gasteiger partial charge on any atom is 0.108 e. The van der Waals surface area contributed by atoms with Crippen molar-refractivity contribution in [3.63, 3.8) is 0 Å². The highest BCUT2D eigenvalue weighted by Gasteiger charge is 2.24. The van der Waals surface area contributed by atoms with Gasteiger partial charge >= 0.3 is 0 Å². The third-order valence-corrected chi connectivity index (χ3v) is 7.08. The van der Waals surface area contributed by atoms with Crippen LogP contribution in [0.25, 0.3) is 0 Å². The van der Waals surface area contributed by atoms with Crippen molar-refractivity contribution in [2.45, 2.75) is 70.5 Å². The molecular weight excluding hydrogens is 414 g/mol. The fourth-order valence-electron chi connectivity index (χ4n) is 4.90. The second kappa shape index (κ2) is 11.8. The smallest absolute Gasteiger partial charge is 0.108 e. The second-order valence-electron chi connectivity index (χ2n) is 10.8. The van der Waals surface area contributed by atoms with Gasteiger partial charge in [0.2, 0.25) is 0 Å². The van der Waals surface area contributed by atoms with Crippen molar-refractivity contribution in [3.05, 3.63) is 107 Å². The fraction of sp³-hybridized carbons (Fsp3) is 0.438. The number of nitrogens with zero attached hydrogens (tertiary/aromatic N) is 1. The number of aryl methyl sites for hydroxylation is 1. The number of piperidine rings is 1. The van der Waals surface area contributed by atoms with Gasteiger partial charge in [-0.05, 0) is 66.3 Å². The lowest BCUT2D eigenvalue weighted by Crippen LogP contribution is -2.38. The molecule has 0 aliphatic carbocycles. The molecule has 1 saturated heterocycles. The first kappa shape index (κ1) is 24.7. The normalized spacial score (nSPS) is 15.6. The Kier molecular flexibility index (Phi) is 8.59. The molecule has 2 nitrogen and oxygen atoms in total. The van der Waals surface area contributed by atoms with E-state index in [2.05, 4.69) is 111 Å². The van der Waals surface area contributed by atoms with Crippen LogP contribution in [0.3, 0.4) is 0 Å². The van der Waals surface area contributed by atoms with Crippen molar-refractivity contribution in [3.8, 4) is 0 Å². The predicted octanol–water partition coefficient (Wildman–Crippen LogP) is 7.58. The zero-order valence-corrected chi connectivity index (χ0v) is 21.2. The molecule has 1 aliphatic rings. The van der Waals surface area contributed by atoms with Crippen LogP contribution in [-0.2, 0) is 16.6 Å². The van der Waals surface area contributed by atoms with Gasteiger partial charge in [0.05, 0.1) is 6.10 Å². The van der Waals surface area contributed by atoms with E-state index < -0.39 is 0 Å². The van der Waals surface area contributed by atoms with E-state index >= 15 is 0 Å². The van der Waals surface area contributed by atoms with Crippen molar-refractivity contribution in [1.29, 1.82) is 0 Å². The highest BCUT2D eigenvalue weighted by molar-refractivity contribution is 5.30. The van der Waals surface area contributed by atoms with Gasteiger partial charge in [0.25, 0.3) is 0 Å². The highest BCUT2D eigenvalue weighted by atomic mass is 16.5. The maximum atomic E-state index is 6.70. The zero-order valence-electron chi connectivity index (χ0n) is 21.2.